The Morgan fingerprint density at radius 3 is 2.18 bits per heavy atom. The molecule has 0 aliphatic carbocycles. The Hall–Kier alpha value is -3.48. The number of benzene rings is 1. The van der Waals surface area contributed by atoms with E-state index in [0.717, 1.165) is 16.5 Å². The summed E-state index contributed by atoms with van der Waals surface area (Å²) in [4.78, 5) is 53.9. The number of H-pyrrole nitrogens is 1. The van der Waals surface area contributed by atoms with Crippen LogP contribution in [0.4, 0.5) is 0 Å². The molecule has 12 nitrogen and oxygen atoms in total. The fraction of sp³-hybridized carbons (Fsp3) is 0.538. The van der Waals surface area contributed by atoms with Crippen LogP contribution in [0.3, 0.4) is 0 Å². The highest BCUT2D eigenvalue weighted by molar-refractivity contribution is 5.95. The highest BCUT2D eigenvalue weighted by Gasteiger charge is 2.32. The maximum Gasteiger partial charge on any atom is 0.328 e. The maximum absolute atomic E-state index is 13.5. The van der Waals surface area contributed by atoms with E-state index in [0.29, 0.717) is 19.4 Å². The number of fused-ring (bicyclic) bond motifs is 1. The normalized spacial score (nSPS) is 15.3. The van der Waals surface area contributed by atoms with Gasteiger partial charge < -0.3 is 42.6 Å². The largest absolute Gasteiger partial charge is 0.480 e. The van der Waals surface area contributed by atoms with Crippen LogP contribution in [0.5, 0.6) is 0 Å². The number of aliphatic carboxylic acids is 1. The van der Waals surface area contributed by atoms with Gasteiger partial charge in [0, 0.05) is 23.5 Å². The van der Waals surface area contributed by atoms with Crippen molar-refractivity contribution in [2.75, 3.05) is 6.54 Å². The van der Waals surface area contributed by atoms with Crippen molar-refractivity contribution in [2.24, 2.45) is 17.4 Å². The first-order valence-corrected chi connectivity index (χ1v) is 12.8. The van der Waals surface area contributed by atoms with Gasteiger partial charge in [-0.2, -0.15) is 0 Å². The van der Waals surface area contributed by atoms with Crippen LogP contribution in [0.2, 0.25) is 0 Å². The number of nitrogens with two attached hydrogens (primary N) is 2. The second kappa shape index (κ2) is 14.5. The van der Waals surface area contributed by atoms with E-state index in [2.05, 4.69) is 20.9 Å². The Bertz CT molecular complexity index is 1100. The monoisotopic (exact) mass is 532 g/mol. The van der Waals surface area contributed by atoms with Crippen LogP contribution < -0.4 is 27.4 Å². The van der Waals surface area contributed by atoms with Crippen molar-refractivity contribution in [3.05, 3.63) is 36.0 Å². The van der Waals surface area contributed by atoms with Crippen LogP contribution in [0.15, 0.2) is 30.5 Å². The molecule has 0 spiro atoms. The molecule has 38 heavy (non-hydrogen) atoms. The van der Waals surface area contributed by atoms with Crippen molar-refractivity contribution >= 4 is 34.6 Å². The summed E-state index contributed by atoms with van der Waals surface area (Å²) in [5, 5.41) is 27.6. The Kier molecular flexibility index (Phi) is 11.7. The molecule has 5 unspecified atom stereocenters. The highest BCUT2D eigenvalue weighted by Crippen LogP contribution is 2.19. The van der Waals surface area contributed by atoms with Crippen molar-refractivity contribution in [1.29, 1.82) is 0 Å². The molecule has 5 atom stereocenters. The van der Waals surface area contributed by atoms with E-state index < -0.39 is 54.0 Å². The number of aromatic amines is 1. The molecular formula is C26H40N6O6. The van der Waals surface area contributed by atoms with Crippen molar-refractivity contribution in [3.8, 4) is 0 Å². The van der Waals surface area contributed by atoms with E-state index in [1.165, 1.54) is 6.92 Å². The van der Waals surface area contributed by atoms with Crippen LogP contribution in [-0.4, -0.2) is 75.7 Å². The van der Waals surface area contributed by atoms with Gasteiger partial charge in [0.1, 0.15) is 12.1 Å². The minimum absolute atomic E-state index is 0.120. The first-order chi connectivity index (χ1) is 18.0. The smallest absolute Gasteiger partial charge is 0.328 e. The molecule has 0 radical (unpaired) electrons. The van der Waals surface area contributed by atoms with Crippen molar-refractivity contribution in [1.82, 2.24) is 20.9 Å². The number of rotatable bonds is 15. The van der Waals surface area contributed by atoms with E-state index in [1.807, 2.05) is 24.3 Å². The van der Waals surface area contributed by atoms with Crippen LogP contribution in [0.1, 0.15) is 45.6 Å². The Labute approximate surface area is 221 Å². The lowest BCUT2D eigenvalue weighted by Crippen LogP contribution is -2.59. The number of carboxylic acid groups (broad SMARTS) is 1. The summed E-state index contributed by atoms with van der Waals surface area (Å²) in [5.74, 6) is -3.48. The zero-order valence-corrected chi connectivity index (χ0v) is 22.1. The summed E-state index contributed by atoms with van der Waals surface area (Å²) in [7, 11) is 0. The summed E-state index contributed by atoms with van der Waals surface area (Å²) < 4.78 is 0. The highest BCUT2D eigenvalue weighted by atomic mass is 16.4. The zero-order valence-electron chi connectivity index (χ0n) is 22.1. The van der Waals surface area contributed by atoms with Crippen molar-refractivity contribution < 1.29 is 29.4 Å². The van der Waals surface area contributed by atoms with Crippen LogP contribution >= 0.6 is 0 Å². The van der Waals surface area contributed by atoms with Gasteiger partial charge in [0.15, 0.2) is 6.04 Å². The number of nitrogens with one attached hydrogen (secondary N) is 4. The predicted octanol–water partition coefficient (Wildman–Crippen LogP) is -0.257. The van der Waals surface area contributed by atoms with Gasteiger partial charge >= 0.3 is 5.97 Å². The molecule has 0 aliphatic heterocycles. The molecule has 2 aromatic rings. The van der Waals surface area contributed by atoms with Crippen molar-refractivity contribution in [3.63, 3.8) is 0 Å². The molecule has 3 amide bonds. The number of aliphatic hydroxyl groups excluding tert-OH is 1. The van der Waals surface area contributed by atoms with Gasteiger partial charge in [-0.15, -0.1) is 0 Å². The fourth-order valence-electron chi connectivity index (χ4n) is 3.98. The molecule has 0 aliphatic rings. The second-order valence-corrected chi connectivity index (χ2v) is 9.81. The topological polar surface area (TPSA) is 213 Å². The number of carbonyl (C=O) groups excluding carboxylic acids is 3. The molecule has 1 aromatic carbocycles. The van der Waals surface area contributed by atoms with E-state index in [9.17, 15) is 29.4 Å². The summed E-state index contributed by atoms with van der Waals surface area (Å²) >= 11 is 0. The Morgan fingerprint density at radius 1 is 0.947 bits per heavy atom. The Balaban J connectivity index is 2.30. The third kappa shape index (κ3) is 8.54. The number of hydrogen-bond acceptors (Lipinski definition) is 7. The summed E-state index contributed by atoms with van der Waals surface area (Å²) in [6.45, 7) is 5.20. The molecule has 0 bridgehead atoms. The van der Waals surface area contributed by atoms with Crippen LogP contribution in [0.25, 0.3) is 10.9 Å². The number of amides is 3. The number of hydrogen-bond donors (Lipinski definition) is 8. The molecule has 12 heteroatoms. The number of aromatic nitrogens is 1. The molecule has 0 saturated carbocycles. The van der Waals surface area contributed by atoms with Gasteiger partial charge in [-0.3, -0.25) is 14.4 Å². The number of carboxylic acids is 1. The van der Waals surface area contributed by atoms with Gasteiger partial charge in [-0.1, -0.05) is 32.0 Å². The lowest BCUT2D eigenvalue weighted by atomic mass is 10.0. The average Bonchev–Trinajstić information content (AvgIpc) is 3.27. The zero-order chi connectivity index (χ0) is 28.4. The molecule has 210 valence electrons. The number of aliphatic hydroxyl groups is 1. The minimum atomic E-state index is -1.55. The molecule has 2 rings (SSSR count). The van der Waals surface area contributed by atoms with Crippen LogP contribution in [-0.2, 0) is 25.6 Å². The lowest BCUT2D eigenvalue weighted by molar-refractivity contribution is -0.145. The first-order valence-electron chi connectivity index (χ1n) is 12.8. The summed E-state index contributed by atoms with van der Waals surface area (Å²) in [6, 6.07) is 2.93. The fourth-order valence-corrected chi connectivity index (χ4v) is 3.98. The first kappa shape index (κ1) is 30.7. The standard InChI is InChI=1S/C26H40N6O6/c1-14(2)21(28)25(36)31-20(12-16-13-29-18-9-5-4-8-17(16)18)24(35)30-19(10-6-7-11-27)23(34)32-22(15(3)33)26(37)38/h4-5,8-9,13-15,19-22,29,33H,6-7,10-12,27-28H2,1-3H3,(H,30,35)(H,31,36)(H,32,34)(H,37,38). The van der Waals surface area contributed by atoms with Gasteiger partial charge in [0.2, 0.25) is 17.7 Å². The summed E-state index contributed by atoms with van der Waals surface area (Å²) in [5.41, 5.74) is 13.2. The molecule has 0 fully saturated rings. The second-order valence-electron chi connectivity index (χ2n) is 9.81. The SMILES string of the molecule is CC(C)C(N)C(=O)NC(Cc1c[nH]c2ccccc12)C(=O)NC(CCCCN)C(=O)NC(C(=O)O)C(C)O. The number of carbonyl (C=O) groups is 4. The molecule has 0 saturated heterocycles. The number of para-hydroxylation sites is 1. The molecular weight excluding hydrogens is 492 g/mol. The van der Waals surface area contributed by atoms with Gasteiger partial charge in [0.25, 0.3) is 0 Å². The molecule has 1 heterocycles. The maximum atomic E-state index is 13.5. The van der Waals surface area contributed by atoms with E-state index in [4.69, 9.17) is 11.5 Å². The average molecular weight is 533 g/mol. The lowest BCUT2D eigenvalue weighted by Gasteiger charge is -2.26. The molecule has 1 aromatic heterocycles. The van der Waals surface area contributed by atoms with Crippen molar-refractivity contribution in [2.45, 2.75) is 76.7 Å². The quantitative estimate of drug-likeness (QED) is 0.143. The predicted molar refractivity (Wildman–Crippen MR) is 143 cm³/mol. The third-order valence-corrected chi connectivity index (χ3v) is 6.38. The van der Waals surface area contributed by atoms with E-state index >= 15 is 0 Å². The third-order valence-electron chi connectivity index (χ3n) is 6.38. The van der Waals surface area contributed by atoms with Gasteiger partial charge in [-0.05, 0) is 50.3 Å². The Morgan fingerprint density at radius 2 is 1.58 bits per heavy atom. The summed E-state index contributed by atoms with van der Waals surface area (Å²) in [6.07, 6.45) is 1.76. The van der Waals surface area contributed by atoms with Crippen LogP contribution in [0, 0.1) is 5.92 Å². The van der Waals surface area contributed by atoms with Gasteiger partial charge in [0.05, 0.1) is 12.1 Å². The van der Waals surface area contributed by atoms with E-state index in [1.54, 1.807) is 20.0 Å². The minimum Gasteiger partial charge on any atom is -0.480 e. The van der Waals surface area contributed by atoms with Gasteiger partial charge in [-0.25, -0.2) is 4.79 Å². The number of unbranched alkanes of at least 4 members (excludes halogenated alkanes) is 1. The van der Waals surface area contributed by atoms with E-state index in [-0.39, 0.29) is 18.8 Å². The molecule has 10 N–H and O–H groups in total.